The Kier molecular flexibility index (Phi) is 7.06. The molecule has 24 heavy (non-hydrogen) atoms. The van der Waals surface area contributed by atoms with Gasteiger partial charge in [0.2, 0.25) is 5.91 Å². The first-order valence-corrected chi connectivity index (χ1v) is 9.43. The van der Waals surface area contributed by atoms with Gasteiger partial charge in [0.05, 0.1) is 5.25 Å². The van der Waals surface area contributed by atoms with E-state index in [0.29, 0.717) is 12.1 Å². The van der Waals surface area contributed by atoms with Crippen molar-refractivity contribution in [3.8, 4) is 0 Å². The largest absolute Gasteiger partial charge is 0.356 e. The molecule has 0 saturated carbocycles. The Bertz CT molecular complexity index is 716. The summed E-state index contributed by atoms with van der Waals surface area (Å²) in [6.45, 7) is 4.04. The first-order valence-electron chi connectivity index (χ1n) is 7.75. The van der Waals surface area contributed by atoms with Crippen molar-refractivity contribution in [1.82, 2.24) is 5.32 Å². The molecule has 0 fully saturated rings. The monoisotopic (exact) mass is 405 g/mol. The van der Waals surface area contributed by atoms with Gasteiger partial charge in [-0.1, -0.05) is 46.3 Å². The molecule has 0 aliphatic heterocycles. The Morgan fingerprint density at radius 3 is 2.50 bits per heavy atom. The fraction of sp³-hybridized carbons (Fsp3) is 0.263. The number of benzene rings is 2. The van der Waals surface area contributed by atoms with Crippen LogP contribution < -0.4 is 5.32 Å². The summed E-state index contributed by atoms with van der Waals surface area (Å²) in [4.78, 5) is 24.5. The third-order valence-electron chi connectivity index (χ3n) is 3.50. The maximum Gasteiger partial charge on any atom is 0.216 e. The predicted octanol–water partition coefficient (Wildman–Crippen LogP) is 4.49. The number of hydrogen-bond donors (Lipinski definition) is 1. The van der Waals surface area contributed by atoms with E-state index in [-0.39, 0.29) is 16.9 Å². The van der Waals surface area contributed by atoms with Crippen LogP contribution in [0.4, 0.5) is 0 Å². The topological polar surface area (TPSA) is 46.2 Å². The smallest absolute Gasteiger partial charge is 0.216 e. The Hall–Kier alpha value is -1.59. The third-order valence-corrected chi connectivity index (χ3v) is 5.09. The van der Waals surface area contributed by atoms with Crippen LogP contribution in [-0.4, -0.2) is 23.5 Å². The van der Waals surface area contributed by atoms with E-state index in [1.807, 2.05) is 55.5 Å². The third kappa shape index (κ3) is 5.80. The number of carbonyl (C=O) groups excluding carboxylic acids is 2. The summed E-state index contributed by atoms with van der Waals surface area (Å²) in [7, 11) is 0. The highest BCUT2D eigenvalue weighted by atomic mass is 79.9. The number of ketones is 1. The molecule has 0 radical (unpaired) electrons. The van der Waals surface area contributed by atoms with Gasteiger partial charge in [0.15, 0.2) is 5.78 Å². The molecule has 3 nitrogen and oxygen atoms in total. The Balaban J connectivity index is 1.95. The van der Waals surface area contributed by atoms with Crippen LogP contribution in [0.5, 0.6) is 0 Å². The minimum Gasteiger partial charge on any atom is -0.356 e. The molecule has 0 aliphatic rings. The number of thioether (sulfide) groups is 1. The summed E-state index contributed by atoms with van der Waals surface area (Å²) in [6.07, 6.45) is 0.760. The minimum atomic E-state index is -0.149. The molecule has 0 saturated heterocycles. The lowest BCUT2D eigenvalue weighted by molar-refractivity contribution is -0.118. The van der Waals surface area contributed by atoms with Crippen LogP contribution in [0.25, 0.3) is 0 Å². The van der Waals surface area contributed by atoms with Crippen LogP contribution in [0.15, 0.2) is 57.9 Å². The van der Waals surface area contributed by atoms with E-state index in [2.05, 4.69) is 21.2 Å². The summed E-state index contributed by atoms with van der Waals surface area (Å²) < 4.78 is 1.01. The van der Waals surface area contributed by atoms with Crippen molar-refractivity contribution in [2.75, 3.05) is 6.54 Å². The molecule has 0 heterocycles. The van der Waals surface area contributed by atoms with Crippen LogP contribution in [0.1, 0.15) is 29.8 Å². The molecule has 2 rings (SSSR count). The molecular weight excluding hydrogens is 386 g/mol. The van der Waals surface area contributed by atoms with Gasteiger partial charge in [-0.3, -0.25) is 9.59 Å². The first-order chi connectivity index (χ1) is 11.5. The van der Waals surface area contributed by atoms with Crippen LogP contribution in [0, 0.1) is 0 Å². The fourth-order valence-corrected chi connectivity index (χ4v) is 3.81. The van der Waals surface area contributed by atoms with Gasteiger partial charge in [-0.2, -0.15) is 0 Å². The first kappa shape index (κ1) is 18.7. The van der Waals surface area contributed by atoms with Gasteiger partial charge < -0.3 is 5.32 Å². The van der Waals surface area contributed by atoms with Crippen molar-refractivity contribution in [2.24, 2.45) is 0 Å². The van der Waals surface area contributed by atoms with Crippen molar-refractivity contribution >= 4 is 39.4 Å². The highest BCUT2D eigenvalue weighted by Crippen LogP contribution is 2.27. The molecule has 1 amide bonds. The zero-order valence-corrected chi connectivity index (χ0v) is 16.1. The van der Waals surface area contributed by atoms with Crippen LogP contribution in [-0.2, 0) is 11.2 Å². The molecule has 0 spiro atoms. The average Bonchev–Trinajstić information content (AvgIpc) is 2.54. The minimum absolute atomic E-state index is 0.0276. The number of halogens is 1. The summed E-state index contributed by atoms with van der Waals surface area (Å²) in [6, 6.07) is 15.6. The summed E-state index contributed by atoms with van der Waals surface area (Å²) >= 11 is 5.00. The molecule has 0 aromatic heterocycles. The standard InChI is InChI=1S/C19H20BrNO2S/c1-13(24-18-5-3-4-17(20)12-18)19(23)16-8-6-15(7-9-16)10-11-21-14(2)22/h3-9,12-13H,10-11H2,1-2H3,(H,21,22). The fourth-order valence-electron chi connectivity index (χ4n) is 2.25. The van der Waals surface area contributed by atoms with Crippen molar-refractivity contribution in [2.45, 2.75) is 30.4 Å². The predicted molar refractivity (Wildman–Crippen MR) is 103 cm³/mol. The van der Waals surface area contributed by atoms with E-state index in [9.17, 15) is 9.59 Å². The second-order valence-corrected chi connectivity index (χ2v) is 7.84. The Labute approximate surface area is 155 Å². The highest BCUT2D eigenvalue weighted by molar-refractivity contribution is 9.10. The zero-order chi connectivity index (χ0) is 17.5. The maximum absolute atomic E-state index is 12.6. The van der Waals surface area contributed by atoms with Crippen molar-refractivity contribution in [3.63, 3.8) is 0 Å². The summed E-state index contributed by atoms with van der Waals surface area (Å²) in [5.74, 6) is 0.0913. The normalized spacial score (nSPS) is 11.8. The van der Waals surface area contributed by atoms with Gasteiger partial charge in [-0.15, -0.1) is 11.8 Å². The average molecular weight is 406 g/mol. The molecular formula is C19H20BrNO2S. The number of carbonyl (C=O) groups is 2. The summed E-state index contributed by atoms with van der Waals surface area (Å²) in [5, 5.41) is 2.62. The van der Waals surface area contributed by atoms with E-state index in [4.69, 9.17) is 0 Å². The second kappa shape index (κ2) is 9.04. The zero-order valence-electron chi connectivity index (χ0n) is 13.7. The molecule has 5 heteroatoms. The Morgan fingerprint density at radius 2 is 1.88 bits per heavy atom. The van der Waals surface area contributed by atoms with Crippen LogP contribution in [0.3, 0.4) is 0 Å². The van der Waals surface area contributed by atoms with Gasteiger partial charge in [-0.05, 0) is 37.1 Å². The van der Waals surface area contributed by atoms with Crippen molar-refractivity contribution < 1.29 is 9.59 Å². The Morgan fingerprint density at radius 1 is 1.17 bits per heavy atom. The SMILES string of the molecule is CC(=O)NCCc1ccc(C(=O)C(C)Sc2cccc(Br)c2)cc1. The number of amides is 1. The number of nitrogens with one attached hydrogen (secondary N) is 1. The maximum atomic E-state index is 12.6. The van der Waals surface area contributed by atoms with Crippen molar-refractivity contribution in [3.05, 3.63) is 64.1 Å². The van der Waals surface area contributed by atoms with Crippen LogP contribution in [0.2, 0.25) is 0 Å². The molecule has 1 atom stereocenters. The van der Waals surface area contributed by atoms with Gasteiger partial charge in [0, 0.05) is 28.4 Å². The van der Waals surface area contributed by atoms with Gasteiger partial charge in [0.1, 0.15) is 0 Å². The quantitative estimate of drug-likeness (QED) is 0.544. The molecule has 2 aromatic carbocycles. The summed E-state index contributed by atoms with van der Waals surface area (Å²) in [5.41, 5.74) is 1.82. The molecule has 0 aliphatic carbocycles. The molecule has 1 unspecified atom stereocenters. The number of hydrogen-bond acceptors (Lipinski definition) is 3. The van der Waals surface area contributed by atoms with Gasteiger partial charge in [-0.25, -0.2) is 0 Å². The van der Waals surface area contributed by atoms with E-state index in [1.54, 1.807) is 11.8 Å². The molecule has 1 N–H and O–H groups in total. The van der Waals surface area contributed by atoms with E-state index >= 15 is 0 Å². The highest BCUT2D eigenvalue weighted by Gasteiger charge is 2.16. The lowest BCUT2D eigenvalue weighted by Gasteiger charge is -2.11. The van der Waals surface area contributed by atoms with Crippen molar-refractivity contribution in [1.29, 1.82) is 0 Å². The van der Waals surface area contributed by atoms with Gasteiger partial charge >= 0.3 is 0 Å². The lowest BCUT2D eigenvalue weighted by Crippen LogP contribution is -2.22. The second-order valence-electron chi connectivity index (χ2n) is 5.51. The van der Waals surface area contributed by atoms with E-state index in [1.165, 1.54) is 6.92 Å². The van der Waals surface area contributed by atoms with E-state index < -0.39 is 0 Å². The van der Waals surface area contributed by atoms with Gasteiger partial charge in [0.25, 0.3) is 0 Å². The molecule has 2 aromatic rings. The van der Waals surface area contributed by atoms with E-state index in [0.717, 1.165) is 21.4 Å². The number of rotatable bonds is 7. The molecule has 0 bridgehead atoms. The number of Topliss-reactive ketones (excluding diaryl/α,β-unsaturated/α-hetero) is 1. The molecule has 126 valence electrons. The lowest BCUT2D eigenvalue weighted by atomic mass is 10.0. The van der Waals surface area contributed by atoms with Crippen LogP contribution >= 0.6 is 27.7 Å².